The average Bonchev–Trinajstić information content (AvgIpc) is 3.42. The van der Waals surface area contributed by atoms with Gasteiger partial charge in [0.15, 0.2) is 5.82 Å². The molecule has 0 radical (unpaired) electrons. The van der Waals surface area contributed by atoms with Crippen LogP contribution in [0.3, 0.4) is 0 Å². The number of fused-ring (bicyclic) bond motifs is 2. The molecule has 8 heteroatoms. The van der Waals surface area contributed by atoms with Gasteiger partial charge in [-0.15, -0.1) is 22.7 Å². The van der Waals surface area contributed by atoms with Crippen LogP contribution in [0, 0.1) is 5.82 Å². The third-order valence-electron chi connectivity index (χ3n) is 6.23. The van der Waals surface area contributed by atoms with Crippen molar-refractivity contribution in [3.05, 3.63) is 46.7 Å². The third kappa shape index (κ3) is 3.19. The van der Waals surface area contributed by atoms with Crippen molar-refractivity contribution in [2.24, 2.45) is 0 Å². The molecule has 2 N–H and O–H groups in total. The molecule has 1 aromatic carbocycles. The third-order valence-corrected chi connectivity index (χ3v) is 8.18. The van der Waals surface area contributed by atoms with Crippen molar-refractivity contribution in [2.75, 3.05) is 25.0 Å². The van der Waals surface area contributed by atoms with E-state index < -0.39 is 0 Å². The summed E-state index contributed by atoms with van der Waals surface area (Å²) in [4.78, 5) is 13.3. The van der Waals surface area contributed by atoms with Crippen molar-refractivity contribution >= 4 is 54.5 Å². The Morgan fingerprint density at radius 2 is 2.13 bits per heavy atom. The maximum Gasteiger partial charge on any atom is 0.173 e. The monoisotopic (exact) mass is 442 g/mol. The number of anilines is 2. The minimum absolute atomic E-state index is 0.0288. The normalized spacial score (nSPS) is 19.1. The molecule has 1 atom stereocenters. The number of hydrogen-bond donors (Lipinski definition) is 2. The van der Waals surface area contributed by atoms with Gasteiger partial charge in [-0.2, -0.15) is 0 Å². The summed E-state index contributed by atoms with van der Waals surface area (Å²) in [6, 6.07) is 7.75. The number of benzene rings is 1. The lowest BCUT2D eigenvalue weighted by Gasteiger charge is -2.35. The molecule has 3 aromatic heterocycles. The molecule has 4 aromatic rings. The molecule has 0 bridgehead atoms. The second kappa shape index (κ2) is 7.53. The zero-order valence-corrected chi connectivity index (χ0v) is 18.5. The Hall–Kier alpha value is -2.13. The summed E-state index contributed by atoms with van der Waals surface area (Å²) < 4.78 is 15.7. The van der Waals surface area contributed by atoms with Gasteiger partial charge in [-0.25, -0.2) is 14.4 Å². The number of nitrogens with zero attached hydrogens (tertiary/aromatic N) is 3. The molecule has 1 aliphatic rings. The number of nitrogens with one attached hydrogen (secondary N) is 1. The number of likely N-dealkylation sites (tertiary alicyclic amines) is 1. The highest BCUT2D eigenvalue weighted by atomic mass is 32.1. The number of thiophene rings is 1. The van der Waals surface area contributed by atoms with Crippen LogP contribution in [0.1, 0.15) is 31.1 Å². The van der Waals surface area contributed by atoms with Crippen molar-refractivity contribution in [3.63, 3.8) is 0 Å². The maximum absolute atomic E-state index is 14.9. The molecule has 4 heterocycles. The van der Waals surface area contributed by atoms with Crippen LogP contribution >= 0.6 is 22.7 Å². The van der Waals surface area contributed by atoms with Crippen LogP contribution in [-0.4, -0.2) is 45.2 Å². The van der Waals surface area contributed by atoms with Gasteiger partial charge in [-0.05, 0) is 51.1 Å². The molecule has 1 saturated heterocycles. The fraction of sp³-hybridized carbons (Fsp3) is 0.364. The van der Waals surface area contributed by atoms with Gasteiger partial charge in [0.05, 0.1) is 28.2 Å². The number of β-amino-alcohol motifs (C(OH)–C–C–N with tert-alkyl or cyclic N) is 1. The second-order valence-electron chi connectivity index (χ2n) is 8.18. The van der Waals surface area contributed by atoms with E-state index >= 15 is 0 Å². The first kappa shape index (κ1) is 19.8. The van der Waals surface area contributed by atoms with Gasteiger partial charge in [-0.3, -0.25) is 4.90 Å². The van der Waals surface area contributed by atoms with Gasteiger partial charge < -0.3 is 10.4 Å². The number of aliphatic hydroxyl groups is 1. The summed E-state index contributed by atoms with van der Waals surface area (Å²) in [7, 11) is 0. The highest BCUT2D eigenvalue weighted by molar-refractivity contribution is 7.18. The highest BCUT2D eigenvalue weighted by Crippen LogP contribution is 2.46. The Morgan fingerprint density at radius 3 is 2.97 bits per heavy atom. The van der Waals surface area contributed by atoms with E-state index in [0.29, 0.717) is 23.7 Å². The number of hydrogen-bond acceptors (Lipinski definition) is 7. The predicted molar refractivity (Wildman–Crippen MR) is 123 cm³/mol. The van der Waals surface area contributed by atoms with E-state index in [2.05, 4.69) is 40.1 Å². The molecular formula is C22H23FN4OS2. The summed E-state index contributed by atoms with van der Waals surface area (Å²) in [6.45, 7) is 6.33. The number of pyridine rings is 1. The van der Waals surface area contributed by atoms with E-state index in [4.69, 9.17) is 0 Å². The van der Waals surface area contributed by atoms with Crippen LogP contribution in [0.4, 0.5) is 15.8 Å². The fourth-order valence-electron chi connectivity index (χ4n) is 4.54. The molecule has 0 amide bonds. The lowest BCUT2D eigenvalue weighted by molar-refractivity contribution is 0.127. The second-order valence-corrected chi connectivity index (χ2v) is 10.1. The Kier molecular flexibility index (Phi) is 4.97. The zero-order chi connectivity index (χ0) is 20.9. The standard InChI is InChI=1S/C22H23FN4OS2/c1-22(2)14(6-8-27(22)9-10-28)18-11-13-15(5-7-24-21(13)30-18)26-16-3-4-17-20(19(16)23)25-12-29-17/h3-5,7,11-12,14,28H,6,8-10H2,1-2H3,(H,24,26). The molecule has 30 heavy (non-hydrogen) atoms. The van der Waals surface area contributed by atoms with Gasteiger partial charge >= 0.3 is 0 Å². The van der Waals surface area contributed by atoms with Crippen molar-refractivity contribution < 1.29 is 9.50 Å². The molecule has 0 spiro atoms. The number of aromatic nitrogens is 2. The SMILES string of the molecule is CC1(C)C(c2cc3c(Nc4ccc5scnc5c4F)ccnc3s2)CCN1CCO. The maximum atomic E-state index is 14.9. The van der Waals surface area contributed by atoms with E-state index in [9.17, 15) is 9.50 Å². The number of halogens is 1. The first-order chi connectivity index (χ1) is 14.5. The Balaban J connectivity index is 1.50. The lowest BCUT2D eigenvalue weighted by atomic mass is 9.87. The first-order valence-corrected chi connectivity index (χ1v) is 11.7. The van der Waals surface area contributed by atoms with Gasteiger partial charge in [0.25, 0.3) is 0 Å². The molecular weight excluding hydrogens is 419 g/mol. The zero-order valence-electron chi connectivity index (χ0n) is 16.9. The van der Waals surface area contributed by atoms with E-state index in [0.717, 1.165) is 33.6 Å². The number of aliphatic hydroxyl groups excluding tert-OH is 1. The van der Waals surface area contributed by atoms with Gasteiger partial charge in [0, 0.05) is 34.5 Å². The summed E-state index contributed by atoms with van der Waals surface area (Å²) in [5, 5.41) is 13.7. The smallest absolute Gasteiger partial charge is 0.173 e. The van der Waals surface area contributed by atoms with E-state index in [1.54, 1.807) is 29.1 Å². The summed E-state index contributed by atoms with van der Waals surface area (Å²) >= 11 is 3.14. The average molecular weight is 443 g/mol. The minimum Gasteiger partial charge on any atom is -0.395 e. The highest BCUT2D eigenvalue weighted by Gasteiger charge is 2.42. The van der Waals surface area contributed by atoms with Crippen LogP contribution in [0.25, 0.3) is 20.4 Å². The largest absolute Gasteiger partial charge is 0.395 e. The lowest BCUT2D eigenvalue weighted by Crippen LogP contribution is -2.42. The van der Waals surface area contributed by atoms with Crippen molar-refractivity contribution in [1.29, 1.82) is 0 Å². The van der Waals surface area contributed by atoms with Crippen LogP contribution in [0.5, 0.6) is 0 Å². The van der Waals surface area contributed by atoms with E-state index in [1.165, 1.54) is 16.2 Å². The predicted octanol–water partition coefficient (Wildman–Crippen LogP) is 5.35. The van der Waals surface area contributed by atoms with Crippen LogP contribution in [-0.2, 0) is 0 Å². The number of thiazole rings is 1. The van der Waals surface area contributed by atoms with Crippen LogP contribution < -0.4 is 5.32 Å². The molecule has 1 unspecified atom stereocenters. The Morgan fingerprint density at radius 1 is 1.27 bits per heavy atom. The Labute approximate surface area is 182 Å². The quantitative estimate of drug-likeness (QED) is 0.436. The van der Waals surface area contributed by atoms with Crippen LogP contribution in [0.15, 0.2) is 36.0 Å². The van der Waals surface area contributed by atoms with Gasteiger partial charge in [0.2, 0.25) is 0 Å². The summed E-state index contributed by atoms with van der Waals surface area (Å²) in [5.74, 6) is 0.0462. The van der Waals surface area contributed by atoms with Crippen molar-refractivity contribution in [2.45, 2.75) is 31.7 Å². The minimum atomic E-state index is -0.328. The van der Waals surface area contributed by atoms with Crippen LogP contribution in [0.2, 0.25) is 0 Å². The summed E-state index contributed by atoms with van der Waals surface area (Å²) in [5.41, 5.74) is 3.30. The fourth-order valence-corrected chi connectivity index (χ4v) is 6.55. The molecule has 0 saturated carbocycles. The molecule has 5 nitrogen and oxygen atoms in total. The van der Waals surface area contributed by atoms with Gasteiger partial charge in [0.1, 0.15) is 10.3 Å². The molecule has 1 aliphatic heterocycles. The number of rotatable bonds is 5. The molecule has 0 aliphatic carbocycles. The van der Waals surface area contributed by atoms with Gasteiger partial charge in [-0.1, -0.05) is 0 Å². The topological polar surface area (TPSA) is 61.3 Å². The molecule has 5 rings (SSSR count). The van der Waals surface area contributed by atoms with E-state index in [1.807, 2.05) is 12.1 Å². The summed E-state index contributed by atoms with van der Waals surface area (Å²) in [6.07, 6.45) is 2.82. The Bertz CT molecular complexity index is 1220. The van der Waals surface area contributed by atoms with Crippen molar-refractivity contribution in [3.8, 4) is 0 Å². The van der Waals surface area contributed by atoms with E-state index in [-0.39, 0.29) is 18.0 Å². The van der Waals surface area contributed by atoms with Crippen molar-refractivity contribution in [1.82, 2.24) is 14.9 Å². The molecule has 156 valence electrons. The first-order valence-electron chi connectivity index (χ1n) is 10.0. The molecule has 1 fully saturated rings.